The third-order valence-corrected chi connectivity index (χ3v) is 5.47. The average molecular weight is 349 g/mol. The fourth-order valence-electron chi connectivity index (χ4n) is 4.00. The number of hydrogen-bond donors (Lipinski definition) is 2. The number of nitrogens with one attached hydrogen (secondary N) is 1. The SMILES string of the molecule is COc1ccc(C(NC(=O)C2CC2C2CCCCC2)C(=O)O)cc1F. The molecule has 1 aromatic rings. The highest BCUT2D eigenvalue weighted by molar-refractivity contribution is 5.87. The molecule has 0 aromatic heterocycles. The normalized spacial score (nSPS) is 24.4. The van der Waals surface area contributed by atoms with Crippen molar-refractivity contribution in [2.45, 2.75) is 44.6 Å². The summed E-state index contributed by atoms with van der Waals surface area (Å²) in [4.78, 5) is 24.0. The van der Waals surface area contributed by atoms with E-state index in [2.05, 4.69) is 5.32 Å². The lowest BCUT2D eigenvalue weighted by atomic mass is 9.85. The Labute approximate surface area is 146 Å². The van der Waals surface area contributed by atoms with Gasteiger partial charge in [0.2, 0.25) is 5.91 Å². The molecule has 25 heavy (non-hydrogen) atoms. The zero-order valence-corrected chi connectivity index (χ0v) is 14.3. The molecule has 0 heterocycles. The van der Waals surface area contributed by atoms with Gasteiger partial charge in [0.05, 0.1) is 7.11 Å². The van der Waals surface area contributed by atoms with Gasteiger partial charge in [-0.1, -0.05) is 38.2 Å². The molecule has 1 amide bonds. The molecule has 2 fully saturated rings. The predicted octanol–water partition coefficient (Wildman–Crippen LogP) is 3.29. The third kappa shape index (κ3) is 3.94. The van der Waals surface area contributed by atoms with Gasteiger partial charge in [-0.05, 0) is 36.0 Å². The third-order valence-electron chi connectivity index (χ3n) is 5.47. The Morgan fingerprint density at radius 2 is 2.00 bits per heavy atom. The molecule has 3 unspecified atom stereocenters. The number of aliphatic carboxylic acids is 1. The molecular formula is C19H24FNO4. The lowest BCUT2D eigenvalue weighted by Crippen LogP contribution is -2.35. The summed E-state index contributed by atoms with van der Waals surface area (Å²) in [6.45, 7) is 0. The van der Waals surface area contributed by atoms with Gasteiger partial charge >= 0.3 is 5.97 Å². The number of amides is 1. The summed E-state index contributed by atoms with van der Waals surface area (Å²) in [5.41, 5.74) is 0.203. The zero-order chi connectivity index (χ0) is 18.0. The molecule has 2 saturated carbocycles. The van der Waals surface area contributed by atoms with E-state index in [0.29, 0.717) is 11.8 Å². The van der Waals surface area contributed by atoms with E-state index in [1.807, 2.05) is 0 Å². The van der Waals surface area contributed by atoms with Crippen molar-refractivity contribution in [3.8, 4) is 5.75 Å². The molecule has 3 atom stereocenters. The number of hydrogen-bond acceptors (Lipinski definition) is 3. The van der Waals surface area contributed by atoms with Gasteiger partial charge < -0.3 is 15.2 Å². The molecule has 0 aliphatic heterocycles. The molecule has 0 spiro atoms. The molecule has 0 radical (unpaired) electrons. The second kappa shape index (κ2) is 7.42. The van der Waals surface area contributed by atoms with Crippen molar-refractivity contribution in [1.29, 1.82) is 0 Å². The number of halogens is 1. The van der Waals surface area contributed by atoms with Crippen LogP contribution in [0.2, 0.25) is 0 Å². The summed E-state index contributed by atoms with van der Waals surface area (Å²) >= 11 is 0. The van der Waals surface area contributed by atoms with Crippen LogP contribution in [0.4, 0.5) is 4.39 Å². The van der Waals surface area contributed by atoms with E-state index in [1.165, 1.54) is 51.3 Å². The first kappa shape index (κ1) is 17.7. The van der Waals surface area contributed by atoms with Crippen LogP contribution in [0.15, 0.2) is 18.2 Å². The monoisotopic (exact) mass is 349 g/mol. The average Bonchev–Trinajstić information content (AvgIpc) is 3.41. The quantitative estimate of drug-likeness (QED) is 0.826. The van der Waals surface area contributed by atoms with E-state index in [1.54, 1.807) is 0 Å². The number of methoxy groups -OCH3 is 1. The van der Waals surface area contributed by atoms with E-state index in [0.717, 1.165) is 12.5 Å². The van der Waals surface area contributed by atoms with Gasteiger partial charge in [0.15, 0.2) is 17.6 Å². The first-order chi connectivity index (χ1) is 12.0. The molecular weight excluding hydrogens is 325 g/mol. The van der Waals surface area contributed by atoms with E-state index in [9.17, 15) is 19.1 Å². The van der Waals surface area contributed by atoms with Crippen LogP contribution >= 0.6 is 0 Å². The van der Waals surface area contributed by atoms with Crippen molar-refractivity contribution in [3.05, 3.63) is 29.6 Å². The Bertz CT molecular complexity index is 657. The van der Waals surface area contributed by atoms with Crippen molar-refractivity contribution >= 4 is 11.9 Å². The second-order valence-corrected chi connectivity index (χ2v) is 7.08. The van der Waals surface area contributed by atoms with Crippen LogP contribution in [0, 0.1) is 23.6 Å². The summed E-state index contributed by atoms with van der Waals surface area (Å²) in [6.07, 6.45) is 6.88. The molecule has 2 N–H and O–H groups in total. The first-order valence-corrected chi connectivity index (χ1v) is 8.88. The zero-order valence-electron chi connectivity index (χ0n) is 14.3. The minimum Gasteiger partial charge on any atom is -0.494 e. The minimum atomic E-state index is -1.25. The number of benzene rings is 1. The van der Waals surface area contributed by atoms with Gasteiger partial charge in [0.1, 0.15) is 0 Å². The van der Waals surface area contributed by atoms with E-state index >= 15 is 0 Å². The van der Waals surface area contributed by atoms with Crippen molar-refractivity contribution in [2.75, 3.05) is 7.11 Å². The molecule has 0 bridgehead atoms. The number of carbonyl (C=O) groups is 2. The predicted molar refractivity (Wildman–Crippen MR) is 89.6 cm³/mol. The van der Waals surface area contributed by atoms with Crippen molar-refractivity contribution in [3.63, 3.8) is 0 Å². The van der Waals surface area contributed by atoms with Gasteiger partial charge in [-0.15, -0.1) is 0 Å². The van der Waals surface area contributed by atoms with Crippen LogP contribution in [0.5, 0.6) is 5.75 Å². The number of ether oxygens (including phenoxy) is 1. The number of carboxylic acids is 1. The largest absolute Gasteiger partial charge is 0.494 e. The minimum absolute atomic E-state index is 0.0405. The molecule has 6 heteroatoms. The Balaban J connectivity index is 1.65. The van der Waals surface area contributed by atoms with Crippen molar-refractivity contribution in [1.82, 2.24) is 5.32 Å². The number of carboxylic acid groups (broad SMARTS) is 1. The van der Waals surface area contributed by atoms with E-state index < -0.39 is 17.8 Å². The van der Waals surface area contributed by atoms with Crippen molar-refractivity contribution < 1.29 is 23.8 Å². The van der Waals surface area contributed by atoms with Crippen LogP contribution in [0.3, 0.4) is 0 Å². The Kier molecular flexibility index (Phi) is 5.25. The summed E-state index contributed by atoms with van der Waals surface area (Å²) in [7, 11) is 1.34. The molecule has 1 aromatic carbocycles. The van der Waals surface area contributed by atoms with Crippen LogP contribution < -0.4 is 10.1 Å². The smallest absolute Gasteiger partial charge is 0.330 e. The Hall–Kier alpha value is -2.11. The van der Waals surface area contributed by atoms with Gasteiger partial charge in [-0.2, -0.15) is 0 Å². The topological polar surface area (TPSA) is 75.6 Å². The van der Waals surface area contributed by atoms with Gasteiger partial charge in [-0.3, -0.25) is 4.79 Å². The highest BCUT2D eigenvalue weighted by Crippen LogP contribution is 2.49. The van der Waals surface area contributed by atoms with Crippen LogP contribution in [0.25, 0.3) is 0 Å². The van der Waals surface area contributed by atoms with Gasteiger partial charge in [0, 0.05) is 5.92 Å². The maximum Gasteiger partial charge on any atom is 0.330 e. The highest BCUT2D eigenvalue weighted by atomic mass is 19.1. The molecule has 2 aliphatic rings. The van der Waals surface area contributed by atoms with E-state index in [-0.39, 0.29) is 23.1 Å². The fourth-order valence-corrected chi connectivity index (χ4v) is 4.00. The maximum absolute atomic E-state index is 13.9. The van der Waals surface area contributed by atoms with Gasteiger partial charge in [0.25, 0.3) is 0 Å². The van der Waals surface area contributed by atoms with Crippen LogP contribution in [0.1, 0.15) is 50.1 Å². The van der Waals surface area contributed by atoms with E-state index in [4.69, 9.17) is 4.74 Å². The number of rotatable bonds is 6. The van der Waals surface area contributed by atoms with Crippen LogP contribution in [-0.4, -0.2) is 24.1 Å². The second-order valence-electron chi connectivity index (χ2n) is 7.08. The fraction of sp³-hybridized carbons (Fsp3) is 0.579. The van der Waals surface area contributed by atoms with Crippen LogP contribution in [-0.2, 0) is 9.59 Å². The molecule has 136 valence electrons. The molecule has 3 rings (SSSR count). The highest BCUT2D eigenvalue weighted by Gasteiger charge is 2.48. The lowest BCUT2D eigenvalue weighted by molar-refractivity contribution is -0.142. The Morgan fingerprint density at radius 1 is 1.28 bits per heavy atom. The lowest BCUT2D eigenvalue weighted by Gasteiger charge is -2.22. The first-order valence-electron chi connectivity index (χ1n) is 8.88. The summed E-state index contributed by atoms with van der Waals surface area (Å²) < 4.78 is 18.7. The summed E-state index contributed by atoms with van der Waals surface area (Å²) in [6, 6.07) is 2.69. The summed E-state index contributed by atoms with van der Waals surface area (Å²) in [5, 5.41) is 12.0. The van der Waals surface area contributed by atoms with Gasteiger partial charge in [-0.25, -0.2) is 9.18 Å². The number of carbonyl (C=O) groups excluding carboxylic acids is 1. The molecule has 0 saturated heterocycles. The molecule has 2 aliphatic carbocycles. The Morgan fingerprint density at radius 3 is 2.60 bits per heavy atom. The molecule has 5 nitrogen and oxygen atoms in total. The van der Waals surface area contributed by atoms with Crippen molar-refractivity contribution in [2.24, 2.45) is 17.8 Å². The maximum atomic E-state index is 13.9. The standard InChI is InChI=1S/C19H24FNO4/c1-25-16-8-7-12(9-15(16)20)17(19(23)24)21-18(22)14-10-13(14)11-5-3-2-4-6-11/h7-9,11,13-14,17H,2-6,10H2,1H3,(H,21,22)(H,23,24). The summed E-state index contributed by atoms with van der Waals surface area (Å²) in [5.74, 6) is -1.18.